The lowest BCUT2D eigenvalue weighted by atomic mass is 10.2. The predicted octanol–water partition coefficient (Wildman–Crippen LogP) is 3.32. The molecule has 0 aliphatic carbocycles. The summed E-state index contributed by atoms with van der Waals surface area (Å²) in [5.74, 6) is -1.16. The summed E-state index contributed by atoms with van der Waals surface area (Å²) in [6.45, 7) is 3.93. The second-order valence-electron chi connectivity index (χ2n) is 4.19. The molecule has 0 spiro atoms. The summed E-state index contributed by atoms with van der Waals surface area (Å²) in [4.78, 5) is 24.5. The molecule has 1 heterocycles. The molecule has 0 fully saturated rings. The summed E-state index contributed by atoms with van der Waals surface area (Å²) in [5, 5.41) is 11.5. The van der Waals surface area contributed by atoms with Gasteiger partial charge >= 0.3 is 5.97 Å². The van der Waals surface area contributed by atoms with Crippen molar-refractivity contribution in [2.45, 2.75) is 13.8 Å². The van der Waals surface area contributed by atoms with Crippen LogP contribution in [0, 0.1) is 13.8 Å². The molecule has 98 valence electrons. The second-order valence-corrected chi connectivity index (χ2v) is 5.44. The monoisotopic (exact) mass is 275 g/mol. The van der Waals surface area contributed by atoms with Crippen molar-refractivity contribution in [3.63, 3.8) is 0 Å². The first-order valence-electron chi connectivity index (χ1n) is 5.69. The molecule has 0 atom stereocenters. The highest BCUT2D eigenvalue weighted by Gasteiger charge is 2.11. The van der Waals surface area contributed by atoms with E-state index >= 15 is 0 Å². The molecule has 0 radical (unpaired) electrons. The van der Waals surface area contributed by atoms with Crippen molar-refractivity contribution in [2.24, 2.45) is 0 Å². The standard InChI is InChI=1S/C14H13NO3S/c1-8-7-12(19-9(8)2)13(16)15-11-5-3-10(4-6-11)14(17)18/h3-7H,1-2H3,(H,15,16)(H,17,18). The summed E-state index contributed by atoms with van der Waals surface area (Å²) in [6, 6.07) is 7.93. The third kappa shape index (κ3) is 3.00. The van der Waals surface area contributed by atoms with E-state index in [1.165, 1.54) is 23.5 Å². The molecule has 1 aromatic heterocycles. The van der Waals surface area contributed by atoms with Gasteiger partial charge < -0.3 is 10.4 Å². The zero-order chi connectivity index (χ0) is 14.0. The molecule has 1 amide bonds. The minimum atomic E-state index is -0.984. The van der Waals surface area contributed by atoms with E-state index in [-0.39, 0.29) is 11.5 Å². The van der Waals surface area contributed by atoms with Crippen LogP contribution >= 0.6 is 11.3 Å². The molecule has 4 nitrogen and oxygen atoms in total. The number of rotatable bonds is 3. The van der Waals surface area contributed by atoms with Gasteiger partial charge in [-0.25, -0.2) is 4.79 Å². The lowest BCUT2D eigenvalue weighted by molar-refractivity contribution is 0.0696. The van der Waals surface area contributed by atoms with Gasteiger partial charge in [0.2, 0.25) is 0 Å². The van der Waals surface area contributed by atoms with Crippen LogP contribution in [0.15, 0.2) is 30.3 Å². The van der Waals surface area contributed by atoms with Gasteiger partial charge in [0, 0.05) is 10.6 Å². The molecule has 0 saturated carbocycles. The summed E-state index contributed by atoms with van der Waals surface area (Å²) in [5.41, 5.74) is 1.87. The van der Waals surface area contributed by atoms with Crippen LogP contribution in [0.25, 0.3) is 0 Å². The molecule has 1 aromatic carbocycles. The third-order valence-corrected chi connectivity index (χ3v) is 3.93. The smallest absolute Gasteiger partial charge is 0.335 e. The van der Waals surface area contributed by atoms with Gasteiger partial charge in [0.1, 0.15) is 0 Å². The van der Waals surface area contributed by atoms with Gasteiger partial charge in [0.15, 0.2) is 0 Å². The largest absolute Gasteiger partial charge is 0.478 e. The Kier molecular flexibility index (Phi) is 3.66. The number of carbonyl (C=O) groups is 2. The van der Waals surface area contributed by atoms with E-state index < -0.39 is 5.97 Å². The van der Waals surface area contributed by atoms with E-state index in [4.69, 9.17) is 5.11 Å². The molecule has 2 aromatic rings. The third-order valence-electron chi connectivity index (χ3n) is 2.78. The zero-order valence-corrected chi connectivity index (χ0v) is 11.4. The molecule has 0 bridgehead atoms. The maximum Gasteiger partial charge on any atom is 0.335 e. The molecule has 2 rings (SSSR count). The van der Waals surface area contributed by atoms with Crippen LogP contribution in [0.4, 0.5) is 5.69 Å². The minimum absolute atomic E-state index is 0.177. The van der Waals surface area contributed by atoms with Crippen molar-refractivity contribution in [2.75, 3.05) is 5.32 Å². The Morgan fingerprint density at radius 2 is 1.79 bits per heavy atom. The number of carboxylic acid groups (broad SMARTS) is 1. The molecular formula is C14H13NO3S. The van der Waals surface area contributed by atoms with E-state index in [0.717, 1.165) is 10.4 Å². The van der Waals surface area contributed by atoms with Crippen molar-refractivity contribution in [3.05, 3.63) is 51.2 Å². The number of thiophene rings is 1. The number of aromatic carboxylic acids is 1. The summed E-state index contributed by atoms with van der Waals surface area (Å²) < 4.78 is 0. The Morgan fingerprint density at radius 1 is 1.16 bits per heavy atom. The molecule has 0 unspecified atom stereocenters. The first kappa shape index (κ1) is 13.3. The Bertz CT molecular complexity index is 609. The number of amides is 1. The highest BCUT2D eigenvalue weighted by molar-refractivity contribution is 7.14. The van der Waals surface area contributed by atoms with Crippen molar-refractivity contribution in [1.29, 1.82) is 0 Å². The summed E-state index contributed by atoms with van der Waals surface area (Å²) in [7, 11) is 0. The van der Waals surface area contributed by atoms with Gasteiger partial charge in [-0.3, -0.25) is 4.79 Å². The summed E-state index contributed by atoms with van der Waals surface area (Å²) >= 11 is 1.44. The normalized spacial score (nSPS) is 10.2. The SMILES string of the molecule is Cc1cc(C(=O)Nc2ccc(C(=O)O)cc2)sc1C. The first-order valence-corrected chi connectivity index (χ1v) is 6.51. The van der Waals surface area contributed by atoms with E-state index in [1.54, 1.807) is 12.1 Å². The van der Waals surface area contributed by atoms with Crippen LogP contribution < -0.4 is 5.32 Å². The fourth-order valence-electron chi connectivity index (χ4n) is 1.57. The number of hydrogen-bond acceptors (Lipinski definition) is 3. The Hall–Kier alpha value is -2.14. The number of aryl methyl sites for hydroxylation is 2. The van der Waals surface area contributed by atoms with Gasteiger partial charge in [0.25, 0.3) is 5.91 Å². The highest BCUT2D eigenvalue weighted by atomic mass is 32.1. The fourth-order valence-corrected chi connectivity index (χ4v) is 2.50. The maximum absolute atomic E-state index is 12.0. The Labute approximate surface area is 114 Å². The van der Waals surface area contributed by atoms with E-state index in [1.807, 2.05) is 19.9 Å². The second kappa shape index (κ2) is 5.24. The Balaban J connectivity index is 2.12. The number of benzene rings is 1. The molecule has 0 saturated heterocycles. The van der Waals surface area contributed by atoms with E-state index in [0.29, 0.717) is 10.6 Å². The molecule has 0 aliphatic rings. The van der Waals surface area contributed by atoms with Crippen molar-refractivity contribution in [3.8, 4) is 0 Å². The average molecular weight is 275 g/mol. The number of hydrogen-bond donors (Lipinski definition) is 2. The quantitative estimate of drug-likeness (QED) is 0.903. The zero-order valence-electron chi connectivity index (χ0n) is 10.6. The number of carbonyl (C=O) groups excluding carboxylic acids is 1. The lowest BCUT2D eigenvalue weighted by Gasteiger charge is -2.03. The van der Waals surface area contributed by atoms with Crippen LogP contribution in [0.1, 0.15) is 30.5 Å². The van der Waals surface area contributed by atoms with Gasteiger partial charge in [0.05, 0.1) is 10.4 Å². The van der Waals surface area contributed by atoms with Crippen LogP contribution in [0.2, 0.25) is 0 Å². The van der Waals surface area contributed by atoms with Gasteiger partial charge in [-0.15, -0.1) is 11.3 Å². The molecule has 5 heteroatoms. The summed E-state index contributed by atoms with van der Waals surface area (Å²) in [6.07, 6.45) is 0. The average Bonchev–Trinajstić information content (AvgIpc) is 2.70. The molecule has 2 N–H and O–H groups in total. The van der Waals surface area contributed by atoms with Gasteiger partial charge in [-0.1, -0.05) is 0 Å². The van der Waals surface area contributed by atoms with Crippen molar-refractivity contribution >= 4 is 28.9 Å². The van der Waals surface area contributed by atoms with Crippen LogP contribution in [-0.4, -0.2) is 17.0 Å². The minimum Gasteiger partial charge on any atom is -0.478 e. The molecule has 0 aliphatic heterocycles. The van der Waals surface area contributed by atoms with E-state index in [2.05, 4.69) is 5.32 Å². The predicted molar refractivity (Wildman–Crippen MR) is 75.1 cm³/mol. The van der Waals surface area contributed by atoms with Crippen molar-refractivity contribution in [1.82, 2.24) is 0 Å². The number of carboxylic acids is 1. The first-order chi connectivity index (χ1) is 8.97. The highest BCUT2D eigenvalue weighted by Crippen LogP contribution is 2.21. The van der Waals surface area contributed by atoms with Crippen LogP contribution in [0.3, 0.4) is 0 Å². The van der Waals surface area contributed by atoms with Gasteiger partial charge in [-0.05, 0) is 49.7 Å². The van der Waals surface area contributed by atoms with Crippen LogP contribution in [0.5, 0.6) is 0 Å². The lowest BCUT2D eigenvalue weighted by Crippen LogP contribution is -2.10. The molecular weight excluding hydrogens is 262 g/mol. The van der Waals surface area contributed by atoms with Gasteiger partial charge in [-0.2, -0.15) is 0 Å². The fraction of sp³-hybridized carbons (Fsp3) is 0.143. The Morgan fingerprint density at radius 3 is 2.26 bits per heavy atom. The van der Waals surface area contributed by atoms with E-state index in [9.17, 15) is 9.59 Å². The maximum atomic E-state index is 12.0. The van der Waals surface area contributed by atoms with Crippen LogP contribution in [-0.2, 0) is 0 Å². The molecule has 19 heavy (non-hydrogen) atoms. The van der Waals surface area contributed by atoms with Crippen molar-refractivity contribution < 1.29 is 14.7 Å². The number of anilines is 1. The topological polar surface area (TPSA) is 66.4 Å². The number of nitrogens with one attached hydrogen (secondary N) is 1.